The van der Waals surface area contributed by atoms with Gasteiger partial charge in [-0.3, -0.25) is 4.68 Å². The first-order valence-corrected chi connectivity index (χ1v) is 9.66. The maximum absolute atomic E-state index is 14.2. The van der Waals surface area contributed by atoms with Gasteiger partial charge in [-0.25, -0.2) is 12.8 Å². The Bertz CT molecular complexity index is 850. The van der Waals surface area contributed by atoms with Gasteiger partial charge in [-0.15, -0.1) is 0 Å². The lowest BCUT2D eigenvalue weighted by atomic mass is 10.1. The van der Waals surface area contributed by atoms with Gasteiger partial charge in [-0.1, -0.05) is 39.1 Å². The van der Waals surface area contributed by atoms with Crippen LogP contribution in [0.3, 0.4) is 0 Å². The molecule has 0 fully saturated rings. The molecule has 1 atom stereocenters. The SMILES string of the molecule is CC(Br)c1cc(-c2nn(C)c(S(C)(=O)=O)c2Cl)c(F)cc1Cl. The summed E-state index contributed by atoms with van der Waals surface area (Å²) in [6.07, 6.45) is 1.02. The minimum Gasteiger partial charge on any atom is -0.255 e. The van der Waals surface area contributed by atoms with Crippen molar-refractivity contribution in [3.8, 4) is 11.3 Å². The summed E-state index contributed by atoms with van der Waals surface area (Å²) in [7, 11) is -2.15. The number of halogens is 4. The Balaban J connectivity index is 2.76. The van der Waals surface area contributed by atoms with Crippen LogP contribution in [0.25, 0.3) is 11.3 Å². The van der Waals surface area contributed by atoms with Crippen molar-refractivity contribution in [1.82, 2.24) is 9.78 Å². The zero-order valence-electron chi connectivity index (χ0n) is 11.9. The Morgan fingerprint density at radius 1 is 1.36 bits per heavy atom. The van der Waals surface area contributed by atoms with Gasteiger partial charge in [0.1, 0.15) is 16.5 Å². The van der Waals surface area contributed by atoms with Crippen LogP contribution in [0, 0.1) is 5.82 Å². The summed E-state index contributed by atoms with van der Waals surface area (Å²) in [5, 5.41) is 4.04. The Kier molecular flexibility index (Phi) is 4.92. The van der Waals surface area contributed by atoms with Crippen LogP contribution in [0.15, 0.2) is 17.2 Å². The third-order valence-corrected chi connectivity index (χ3v) is 5.52. The summed E-state index contributed by atoms with van der Waals surface area (Å²) in [5.41, 5.74) is 0.815. The first-order valence-electron chi connectivity index (χ1n) is 6.10. The highest BCUT2D eigenvalue weighted by Gasteiger charge is 2.25. The highest BCUT2D eigenvalue weighted by atomic mass is 79.9. The van der Waals surface area contributed by atoms with Gasteiger partial charge >= 0.3 is 0 Å². The number of nitrogens with zero attached hydrogens (tertiary/aromatic N) is 2. The molecular weight excluding hydrogens is 418 g/mol. The minimum atomic E-state index is -3.59. The number of alkyl halides is 1. The molecule has 0 bridgehead atoms. The van der Waals surface area contributed by atoms with Crippen LogP contribution in [0.2, 0.25) is 10.0 Å². The minimum absolute atomic E-state index is 0.0631. The van der Waals surface area contributed by atoms with Crippen LogP contribution in [0.5, 0.6) is 0 Å². The highest BCUT2D eigenvalue weighted by Crippen LogP contribution is 2.38. The molecular formula is C13H12BrCl2FN2O2S. The quantitative estimate of drug-likeness (QED) is 0.679. The van der Waals surface area contributed by atoms with Crippen LogP contribution in [-0.4, -0.2) is 24.5 Å². The van der Waals surface area contributed by atoms with Crippen molar-refractivity contribution < 1.29 is 12.8 Å². The average Bonchev–Trinajstić information content (AvgIpc) is 2.63. The van der Waals surface area contributed by atoms with Crippen molar-refractivity contribution in [3.63, 3.8) is 0 Å². The summed E-state index contributed by atoms with van der Waals surface area (Å²) in [4.78, 5) is -0.115. The number of rotatable bonds is 3. The molecule has 4 nitrogen and oxygen atoms in total. The van der Waals surface area contributed by atoms with E-state index in [1.54, 1.807) is 0 Å². The molecule has 0 saturated carbocycles. The van der Waals surface area contributed by atoms with Gasteiger partial charge in [0.05, 0.1) is 0 Å². The topological polar surface area (TPSA) is 52.0 Å². The number of hydrogen-bond donors (Lipinski definition) is 0. The third kappa shape index (κ3) is 3.18. The van der Waals surface area contributed by atoms with Crippen molar-refractivity contribution in [2.24, 2.45) is 7.05 Å². The smallest absolute Gasteiger partial charge is 0.193 e. The molecule has 0 saturated heterocycles. The summed E-state index contributed by atoms with van der Waals surface area (Å²) < 4.78 is 38.9. The summed E-state index contributed by atoms with van der Waals surface area (Å²) in [5.74, 6) is -0.623. The van der Waals surface area contributed by atoms with Gasteiger partial charge in [0.25, 0.3) is 0 Å². The van der Waals surface area contributed by atoms with Gasteiger partial charge in [0, 0.05) is 28.7 Å². The van der Waals surface area contributed by atoms with Crippen molar-refractivity contribution >= 4 is 49.0 Å². The lowest BCUT2D eigenvalue weighted by Gasteiger charge is -2.10. The molecule has 0 radical (unpaired) electrons. The fourth-order valence-corrected chi connectivity index (χ4v) is 4.56. The molecule has 9 heteroatoms. The van der Waals surface area contributed by atoms with Crippen LogP contribution < -0.4 is 0 Å². The highest BCUT2D eigenvalue weighted by molar-refractivity contribution is 9.09. The van der Waals surface area contributed by atoms with Crippen LogP contribution >= 0.6 is 39.1 Å². The summed E-state index contributed by atoms with van der Waals surface area (Å²) >= 11 is 15.5. The molecule has 0 amide bonds. The molecule has 2 rings (SSSR count). The van der Waals surface area contributed by atoms with E-state index in [1.807, 2.05) is 6.92 Å². The van der Waals surface area contributed by atoms with E-state index in [-0.39, 0.29) is 31.2 Å². The van der Waals surface area contributed by atoms with E-state index >= 15 is 0 Å². The second-order valence-corrected chi connectivity index (χ2v) is 8.92. The van der Waals surface area contributed by atoms with Crippen molar-refractivity contribution in [2.75, 3.05) is 6.26 Å². The Morgan fingerprint density at radius 3 is 2.41 bits per heavy atom. The van der Waals surface area contributed by atoms with E-state index in [2.05, 4.69) is 21.0 Å². The second kappa shape index (κ2) is 6.11. The standard InChI is InChI=1S/C13H12BrCl2FN2O2S/c1-6(14)7-4-8(10(17)5-9(7)15)12-11(16)13(19(2)18-12)22(3,20)21/h4-6H,1-3H3. The van der Waals surface area contributed by atoms with E-state index in [9.17, 15) is 12.8 Å². The molecule has 0 aliphatic heterocycles. The molecule has 0 aliphatic carbocycles. The number of aromatic nitrogens is 2. The molecule has 1 aromatic carbocycles. The molecule has 22 heavy (non-hydrogen) atoms. The molecule has 1 unspecified atom stereocenters. The Labute approximate surface area is 146 Å². The molecule has 2 aromatic rings. The van der Waals surface area contributed by atoms with Crippen LogP contribution in [-0.2, 0) is 16.9 Å². The van der Waals surface area contributed by atoms with E-state index in [0.29, 0.717) is 5.56 Å². The fourth-order valence-electron chi connectivity index (χ4n) is 2.11. The number of hydrogen-bond acceptors (Lipinski definition) is 3. The molecule has 1 aromatic heterocycles. The zero-order chi connectivity index (χ0) is 16.8. The lowest BCUT2D eigenvalue weighted by molar-refractivity contribution is 0.583. The molecule has 120 valence electrons. The monoisotopic (exact) mass is 428 g/mol. The summed E-state index contributed by atoms with van der Waals surface area (Å²) in [6, 6.07) is 2.67. The largest absolute Gasteiger partial charge is 0.255 e. The van der Waals surface area contributed by atoms with Gasteiger partial charge in [-0.05, 0) is 24.6 Å². The maximum atomic E-state index is 14.2. The van der Waals surface area contributed by atoms with Crippen molar-refractivity contribution in [2.45, 2.75) is 16.8 Å². The fraction of sp³-hybridized carbons (Fsp3) is 0.308. The molecule has 0 spiro atoms. The Hall–Kier alpha value is -0.630. The first kappa shape index (κ1) is 17.7. The van der Waals surface area contributed by atoms with Crippen LogP contribution in [0.4, 0.5) is 4.39 Å². The summed E-state index contributed by atoms with van der Waals surface area (Å²) in [6.45, 7) is 1.84. The average molecular weight is 430 g/mol. The lowest BCUT2D eigenvalue weighted by Crippen LogP contribution is -2.05. The van der Waals surface area contributed by atoms with Crippen LogP contribution in [0.1, 0.15) is 17.3 Å². The zero-order valence-corrected chi connectivity index (χ0v) is 15.8. The third-order valence-electron chi connectivity index (χ3n) is 3.06. The molecule has 0 N–H and O–H groups in total. The molecule has 1 heterocycles. The van der Waals surface area contributed by atoms with E-state index < -0.39 is 15.7 Å². The number of sulfone groups is 1. The Morgan fingerprint density at radius 2 is 1.95 bits per heavy atom. The van der Waals surface area contributed by atoms with E-state index in [4.69, 9.17) is 23.2 Å². The van der Waals surface area contributed by atoms with Crippen molar-refractivity contribution in [1.29, 1.82) is 0 Å². The normalized spacial score (nSPS) is 13.4. The predicted molar refractivity (Wildman–Crippen MR) is 89.1 cm³/mol. The number of aryl methyl sites for hydroxylation is 1. The first-order chi connectivity index (χ1) is 10.0. The van der Waals surface area contributed by atoms with E-state index in [1.165, 1.54) is 13.1 Å². The van der Waals surface area contributed by atoms with E-state index in [0.717, 1.165) is 17.0 Å². The van der Waals surface area contributed by atoms with Crippen molar-refractivity contribution in [3.05, 3.63) is 33.6 Å². The maximum Gasteiger partial charge on any atom is 0.193 e. The van der Waals surface area contributed by atoms with Gasteiger partial charge in [0.15, 0.2) is 14.9 Å². The van der Waals surface area contributed by atoms with Gasteiger partial charge in [-0.2, -0.15) is 5.10 Å². The number of benzene rings is 1. The predicted octanol–water partition coefficient (Wildman–Crippen LogP) is 4.39. The van der Waals surface area contributed by atoms with Gasteiger partial charge in [0.2, 0.25) is 0 Å². The molecule has 0 aliphatic rings. The van der Waals surface area contributed by atoms with Gasteiger partial charge < -0.3 is 0 Å². The second-order valence-electron chi connectivity index (χ2n) is 4.83.